The van der Waals surface area contributed by atoms with E-state index in [4.69, 9.17) is 15.6 Å². The van der Waals surface area contributed by atoms with Crippen LogP contribution < -0.4 is 5.73 Å². The lowest BCUT2D eigenvalue weighted by Gasteiger charge is -2.31. The van der Waals surface area contributed by atoms with Gasteiger partial charge in [0.15, 0.2) is 11.6 Å². The molecule has 3 N–H and O–H groups in total. The van der Waals surface area contributed by atoms with Crippen molar-refractivity contribution in [2.24, 2.45) is 5.73 Å². The number of hydrogen-bond donors (Lipinski definition) is 2. The van der Waals surface area contributed by atoms with Crippen LogP contribution in [0.15, 0.2) is 12.1 Å². The van der Waals surface area contributed by atoms with Crippen LogP contribution in [0.25, 0.3) is 0 Å². The molecule has 0 saturated carbocycles. The van der Waals surface area contributed by atoms with E-state index in [1.165, 1.54) is 0 Å². The summed E-state index contributed by atoms with van der Waals surface area (Å²) in [6, 6.07) is -0.0824. The Hall–Kier alpha value is -1.60. The highest BCUT2D eigenvalue weighted by Gasteiger charge is 2.30. The van der Waals surface area contributed by atoms with Crippen LogP contribution in [-0.2, 0) is 9.53 Å². The van der Waals surface area contributed by atoms with Gasteiger partial charge in [0.05, 0.1) is 12.0 Å². The summed E-state index contributed by atoms with van der Waals surface area (Å²) in [7, 11) is 0. The molecule has 0 aliphatic rings. The first-order valence-corrected chi connectivity index (χ1v) is 6.31. The first kappa shape index (κ1) is 17.5. The fraction of sp³-hybridized carbons (Fsp3) is 0.500. The van der Waals surface area contributed by atoms with Crippen molar-refractivity contribution >= 4 is 5.97 Å². The molecule has 2 unspecified atom stereocenters. The summed E-state index contributed by atoms with van der Waals surface area (Å²) in [4.78, 5) is 10.8. The number of hydrogen-bond acceptors (Lipinski definition) is 3. The Labute approximate surface area is 120 Å². The second kappa shape index (κ2) is 6.44. The third kappa shape index (κ3) is 5.02. The minimum atomic E-state index is -1.34. The lowest BCUT2D eigenvalue weighted by molar-refractivity contribution is -0.139. The second-order valence-electron chi connectivity index (χ2n) is 5.70. The fourth-order valence-corrected chi connectivity index (χ4v) is 1.83. The summed E-state index contributed by atoms with van der Waals surface area (Å²) in [5.74, 6) is -4.83. The van der Waals surface area contributed by atoms with Crippen molar-refractivity contribution in [2.45, 2.75) is 44.9 Å². The number of halogens is 3. The SMILES string of the molecule is CC(C)(C)OC(c1cc(F)c(F)cc1F)C(N)CC(=O)O. The summed E-state index contributed by atoms with van der Waals surface area (Å²) >= 11 is 0. The van der Waals surface area contributed by atoms with Gasteiger partial charge in [0.1, 0.15) is 11.9 Å². The van der Waals surface area contributed by atoms with Gasteiger partial charge in [0, 0.05) is 17.7 Å². The Balaban J connectivity index is 3.23. The van der Waals surface area contributed by atoms with E-state index >= 15 is 0 Å². The predicted molar refractivity (Wildman–Crippen MR) is 70.1 cm³/mol. The van der Waals surface area contributed by atoms with Crippen LogP contribution in [0.4, 0.5) is 13.2 Å². The van der Waals surface area contributed by atoms with E-state index in [2.05, 4.69) is 0 Å². The maximum atomic E-state index is 13.9. The summed E-state index contributed by atoms with van der Waals surface area (Å²) in [6.07, 6.45) is -1.71. The molecule has 4 nitrogen and oxygen atoms in total. The number of carboxylic acids is 1. The molecular formula is C14H18F3NO3. The van der Waals surface area contributed by atoms with Gasteiger partial charge < -0.3 is 15.6 Å². The summed E-state index contributed by atoms with van der Waals surface area (Å²) in [5, 5.41) is 8.78. The maximum Gasteiger partial charge on any atom is 0.305 e. The molecule has 0 fully saturated rings. The third-order valence-electron chi connectivity index (χ3n) is 2.63. The molecule has 0 aromatic heterocycles. The molecule has 1 aromatic rings. The van der Waals surface area contributed by atoms with Crippen LogP contribution in [0.1, 0.15) is 38.9 Å². The van der Waals surface area contributed by atoms with E-state index in [1.807, 2.05) is 0 Å². The Morgan fingerprint density at radius 2 is 1.76 bits per heavy atom. The molecule has 118 valence electrons. The minimum absolute atomic E-state index is 0.308. The first-order valence-electron chi connectivity index (χ1n) is 6.31. The van der Waals surface area contributed by atoms with E-state index in [0.717, 1.165) is 0 Å². The number of benzene rings is 1. The number of carboxylic acid groups (broad SMARTS) is 1. The normalized spacial score (nSPS) is 14.8. The van der Waals surface area contributed by atoms with Crippen molar-refractivity contribution in [2.75, 3.05) is 0 Å². The molecule has 0 spiro atoms. The molecule has 21 heavy (non-hydrogen) atoms. The third-order valence-corrected chi connectivity index (χ3v) is 2.63. The molecule has 0 aliphatic heterocycles. The Kier molecular flexibility index (Phi) is 5.36. The van der Waals surface area contributed by atoms with Gasteiger partial charge in [0.2, 0.25) is 0 Å². The van der Waals surface area contributed by atoms with Crippen molar-refractivity contribution in [3.63, 3.8) is 0 Å². The molecule has 2 atom stereocenters. The van der Waals surface area contributed by atoms with E-state index in [0.29, 0.717) is 12.1 Å². The molecule has 0 bridgehead atoms. The number of ether oxygens (including phenoxy) is 1. The molecule has 0 amide bonds. The van der Waals surface area contributed by atoms with E-state index in [-0.39, 0.29) is 5.56 Å². The fourth-order valence-electron chi connectivity index (χ4n) is 1.83. The summed E-state index contributed by atoms with van der Waals surface area (Å²) < 4.78 is 45.7. The van der Waals surface area contributed by atoms with Crippen LogP contribution in [0.2, 0.25) is 0 Å². The van der Waals surface area contributed by atoms with Gasteiger partial charge >= 0.3 is 5.97 Å². The topological polar surface area (TPSA) is 72.5 Å². The van der Waals surface area contributed by atoms with Crippen LogP contribution in [0, 0.1) is 17.5 Å². The van der Waals surface area contributed by atoms with E-state index in [9.17, 15) is 18.0 Å². The molecular weight excluding hydrogens is 287 g/mol. The standard InChI is InChI=1S/C14H18F3NO3/c1-14(2,3)21-13(11(18)6-12(19)20)7-4-9(16)10(17)5-8(7)15/h4-5,11,13H,6,18H2,1-3H3,(H,19,20). The van der Waals surface area contributed by atoms with Gasteiger partial charge in [-0.15, -0.1) is 0 Å². The quantitative estimate of drug-likeness (QED) is 0.820. The monoisotopic (exact) mass is 305 g/mol. The first-order chi connectivity index (χ1) is 9.51. The zero-order valence-corrected chi connectivity index (χ0v) is 12.0. The smallest absolute Gasteiger partial charge is 0.305 e. The number of aliphatic carboxylic acids is 1. The predicted octanol–water partition coefficient (Wildman–Crippen LogP) is 2.76. The highest BCUT2D eigenvalue weighted by atomic mass is 19.2. The summed E-state index contributed by atoms with van der Waals surface area (Å²) in [6.45, 7) is 4.97. The van der Waals surface area contributed by atoms with Gasteiger partial charge in [-0.1, -0.05) is 0 Å². The molecule has 0 aliphatic carbocycles. The van der Waals surface area contributed by atoms with Gasteiger partial charge in [-0.05, 0) is 26.8 Å². The van der Waals surface area contributed by atoms with Crippen molar-refractivity contribution in [1.29, 1.82) is 0 Å². The Morgan fingerprint density at radius 1 is 1.24 bits per heavy atom. The zero-order valence-electron chi connectivity index (χ0n) is 12.0. The van der Waals surface area contributed by atoms with E-state index in [1.54, 1.807) is 20.8 Å². The number of nitrogens with two attached hydrogens (primary N) is 1. The Morgan fingerprint density at radius 3 is 2.24 bits per heavy atom. The lowest BCUT2D eigenvalue weighted by Crippen LogP contribution is -2.37. The van der Waals surface area contributed by atoms with Crippen molar-refractivity contribution in [1.82, 2.24) is 0 Å². The van der Waals surface area contributed by atoms with Crippen molar-refractivity contribution in [3.8, 4) is 0 Å². The highest BCUT2D eigenvalue weighted by Crippen LogP contribution is 2.30. The van der Waals surface area contributed by atoms with Gasteiger partial charge in [0.25, 0.3) is 0 Å². The Bertz CT molecular complexity index is 529. The second-order valence-corrected chi connectivity index (χ2v) is 5.70. The molecule has 0 heterocycles. The average Bonchev–Trinajstić information content (AvgIpc) is 2.29. The highest BCUT2D eigenvalue weighted by molar-refractivity contribution is 5.67. The number of carbonyl (C=O) groups is 1. The van der Waals surface area contributed by atoms with Crippen LogP contribution in [0.5, 0.6) is 0 Å². The van der Waals surface area contributed by atoms with Gasteiger partial charge in [-0.25, -0.2) is 13.2 Å². The molecule has 1 rings (SSSR count). The number of rotatable bonds is 5. The van der Waals surface area contributed by atoms with Crippen molar-refractivity contribution < 1.29 is 27.8 Å². The van der Waals surface area contributed by atoms with Gasteiger partial charge in [-0.3, -0.25) is 4.79 Å². The molecule has 0 saturated heterocycles. The van der Waals surface area contributed by atoms with Gasteiger partial charge in [-0.2, -0.15) is 0 Å². The van der Waals surface area contributed by atoms with Crippen molar-refractivity contribution in [3.05, 3.63) is 35.1 Å². The molecule has 7 heteroatoms. The van der Waals surface area contributed by atoms with E-state index < -0.39 is 47.6 Å². The lowest BCUT2D eigenvalue weighted by atomic mass is 9.98. The molecule has 0 radical (unpaired) electrons. The van der Waals surface area contributed by atoms with Crippen LogP contribution >= 0.6 is 0 Å². The largest absolute Gasteiger partial charge is 0.481 e. The summed E-state index contributed by atoms with van der Waals surface area (Å²) in [5.41, 5.74) is 4.64. The zero-order chi connectivity index (χ0) is 16.4. The maximum absolute atomic E-state index is 13.9. The average molecular weight is 305 g/mol. The molecule has 1 aromatic carbocycles. The van der Waals surface area contributed by atoms with Crippen LogP contribution in [0.3, 0.4) is 0 Å². The minimum Gasteiger partial charge on any atom is -0.481 e. The van der Waals surface area contributed by atoms with Crippen LogP contribution in [-0.4, -0.2) is 22.7 Å².